The molecule has 2 saturated carbocycles. The molecular formula is C21H33F2N3O3. The van der Waals surface area contributed by atoms with Gasteiger partial charge < -0.3 is 14.9 Å². The molecule has 2 amide bonds. The Hall–Kier alpha value is -1.44. The number of carbonyl (C=O) groups is 2. The van der Waals surface area contributed by atoms with Gasteiger partial charge in [0.25, 0.3) is 5.92 Å². The van der Waals surface area contributed by atoms with Gasteiger partial charge in [0.15, 0.2) is 0 Å². The predicted octanol–water partition coefficient (Wildman–Crippen LogP) is 3.27. The standard InChI is InChI=1S/C21H33F2N3O3/c1-3-17-18(12-20(17)6-9-25(13-20)19(28)29)24-7-4-15(5-8-24)26(14(2)27)16-10-21(22,23)11-16/h15-18H,3-13H2,1-2H3,(H,28,29). The van der Waals surface area contributed by atoms with Crippen LogP contribution in [-0.4, -0.2) is 82.0 Å². The number of halogens is 2. The number of piperidine rings is 1. The molecule has 1 spiro atoms. The molecule has 0 aromatic carbocycles. The number of carbonyl (C=O) groups excluding carboxylic acids is 1. The van der Waals surface area contributed by atoms with E-state index in [1.54, 1.807) is 9.80 Å². The Morgan fingerprint density at radius 2 is 1.76 bits per heavy atom. The van der Waals surface area contributed by atoms with Crippen molar-refractivity contribution in [3.63, 3.8) is 0 Å². The lowest BCUT2D eigenvalue weighted by molar-refractivity contribution is -0.160. The quantitative estimate of drug-likeness (QED) is 0.768. The number of nitrogens with zero attached hydrogens (tertiary/aromatic N) is 3. The minimum absolute atomic E-state index is 0.0629. The zero-order valence-corrected chi connectivity index (χ0v) is 17.4. The Balaban J connectivity index is 1.33. The third kappa shape index (κ3) is 3.62. The molecule has 0 radical (unpaired) electrons. The van der Waals surface area contributed by atoms with E-state index in [0.29, 0.717) is 25.0 Å². The van der Waals surface area contributed by atoms with Gasteiger partial charge >= 0.3 is 6.09 Å². The van der Waals surface area contributed by atoms with Crippen molar-refractivity contribution in [2.75, 3.05) is 26.2 Å². The van der Waals surface area contributed by atoms with Gasteiger partial charge in [-0.25, -0.2) is 13.6 Å². The number of likely N-dealkylation sites (tertiary alicyclic amines) is 2. The number of carboxylic acid groups (broad SMARTS) is 1. The van der Waals surface area contributed by atoms with E-state index in [-0.39, 0.29) is 36.2 Å². The second kappa shape index (κ2) is 7.36. The van der Waals surface area contributed by atoms with Crippen LogP contribution in [-0.2, 0) is 4.79 Å². The first-order valence-corrected chi connectivity index (χ1v) is 11.0. The van der Waals surface area contributed by atoms with Crippen LogP contribution >= 0.6 is 0 Å². The van der Waals surface area contributed by atoms with Crippen molar-refractivity contribution in [3.05, 3.63) is 0 Å². The van der Waals surface area contributed by atoms with Crippen LogP contribution in [0.3, 0.4) is 0 Å². The summed E-state index contributed by atoms with van der Waals surface area (Å²) in [7, 11) is 0. The first-order valence-electron chi connectivity index (χ1n) is 11.0. The molecule has 1 N–H and O–H groups in total. The van der Waals surface area contributed by atoms with Crippen LogP contribution < -0.4 is 0 Å². The molecule has 4 rings (SSSR count). The van der Waals surface area contributed by atoms with Crippen LogP contribution in [0.1, 0.15) is 58.8 Å². The molecule has 8 heteroatoms. The fourth-order valence-electron chi connectivity index (χ4n) is 6.71. The highest BCUT2D eigenvalue weighted by Crippen LogP contribution is 2.56. The number of alkyl halides is 2. The lowest BCUT2D eigenvalue weighted by atomic mass is 9.54. The smallest absolute Gasteiger partial charge is 0.407 e. The Bertz CT molecular complexity index is 660. The zero-order valence-electron chi connectivity index (χ0n) is 17.4. The number of hydrogen-bond donors (Lipinski definition) is 1. The normalized spacial score (nSPS) is 35.4. The third-order valence-electron chi connectivity index (χ3n) is 8.15. The molecule has 4 aliphatic rings. The zero-order chi connectivity index (χ0) is 21.0. The fourth-order valence-corrected chi connectivity index (χ4v) is 6.71. The van der Waals surface area contributed by atoms with Crippen LogP contribution in [0.25, 0.3) is 0 Å². The Labute approximate surface area is 171 Å². The van der Waals surface area contributed by atoms with E-state index in [0.717, 1.165) is 45.2 Å². The van der Waals surface area contributed by atoms with E-state index in [9.17, 15) is 23.5 Å². The third-order valence-corrected chi connectivity index (χ3v) is 8.15. The van der Waals surface area contributed by atoms with E-state index in [4.69, 9.17) is 0 Å². The SMILES string of the molecule is CCC1C(N2CCC(N(C(C)=O)C3CC(F)(F)C3)CC2)CC12CCN(C(=O)O)C2. The van der Waals surface area contributed by atoms with Crippen LogP contribution in [0, 0.1) is 11.3 Å². The van der Waals surface area contributed by atoms with Gasteiger partial charge in [-0.1, -0.05) is 13.3 Å². The first-order chi connectivity index (χ1) is 13.7. The summed E-state index contributed by atoms with van der Waals surface area (Å²) in [6, 6.07) is 0.233. The van der Waals surface area contributed by atoms with Gasteiger partial charge in [0.1, 0.15) is 0 Å². The molecule has 0 bridgehead atoms. The summed E-state index contributed by atoms with van der Waals surface area (Å²) in [6.45, 7) is 6.76. The molecule has 2 aliphatic carbocycles. The van der Waals surface area contributed by atoms with Gasteiger partial charge in [-0.2, -0.15) is 0 Å². The molecule has 2 aliphatic heterocycles. The van der Waals surface area contributed by atoms with E-state index < -0.39 is 12.0 Å². The molecule has 2 heterocycles. The molecule has 0 aromatic rings. The minimum atomic E-state index is -2.61. The average Bonchev–Trinajstić information content (AvgIpc) is 3.07. The topological polar surface area (TPSA) is 64.1 Å². The molecule has 6 nitrogen and oxygen atoms in total. The summed E-state index contributed by atoms with van der Waals surface area (Å²) in [5, 5.41) is 9.30. The monoisotopic (exact) mass is 413 g/mol. The highest BCUT2D eigenvalue weighted by atomic mass is 19.3. The van der Waals surface area contributed by atoms with E-state index in [1.807, 2.05) is 0 Å². The number of rotatable bonds is 4. The van der Waals surface area contributed by atoms with Crippen molar-refractivity contribution in [3.8, 4) is 0 Å². The maximum atomic E-state index is 13.3. The first kappa shape index (κ1) is 20.8. The number of amides is 2. The summed E-state index contributed by atoms with van der Waals surface area (Å²) in [5.41, 5.74) is 0.136. The molecule has 4 fully saturated rings. The van der Waals surface area contributed by atoms with Gasteiger partial charge in [0.2, 0.25) is 5.91 Å². The van der Waals surface area contributed by atoms with Crippen molar-refractivity contribution in [1.82, 2.24) is 14.7 Å². The van der Waals surface area contributed by atoms with Gasteiger partial charge in [0.05, 0.1) is 0 Å². The summed E-state index contributed by atoms with van der Waals surface area (Å²) < 4.78 is 26.6. The average molecular weight is 414 g/mol. The lowest BCUT2D eigenvalue weighted by Crippen LogP contribution is -2.63. The van der Waals surface area contributed by atoms with Crippen LogP contribution in [0.4, 0.5) is 13.6 Å². The molecular weight excluding hydrogens is 380 g/mol. The lowest BCUT2D eigenvalue weighted by Gasteiger charge is -2.58. The minimum Gasteiger partial charge on any atom is -0.465 e. The second-order valence-electron chi connectivity index (χ2n) is 9.71. The largest absolute Gasteiger partial charge is 0.465 e. The summed E-state index contributed by atoms with van der Waals surface area (Å²) in [4.78, 5) is 29.3. The predicted molar refractivity (Wildman–Crippen MR) is 104 cm³/mol. The Morgan fingerprint density at radius 1 is 1.10 bits per heavy atom. The number of hydrogen-bond acceptors (Lipinski definition) is 3. The molecule has 164 valence electrons. The van der Waals surface area contributed by atoms with Crippen molar-refractivity contribution < 1.29 is 23.5 Å². The molecule has 0 aromatic heterocycles. The Kier molecular flexibility index (Phi) is 5.28. The van der Waals surface area contributed by atoms with Crippen molar-refractivity contribution in [2.24, 2.45) is 11.3 Å². The van der Waals surface area contributed by atoms with Crippen molar-refractivity contribution in [1.29, 1.82) is 0 Å². The van der Waals surface area contributed by atoms with Gasteiger partial charge in [-0.15, -0.1) is 0 Å². The van der Waals surface area contributed by atoms with Crippen LogP contribution in [0.15, 0.2) is 0 Å². The highest BCUT2D eigenvalue weighted by Gasteiger charge is 2.58. The molecule has 3 atom stereocenters. The van der Waals surface area contributed by atoms with E-state index >= 15 is 0 Å². The van der Waals surface area contributed by atoms with Crippen LogP contribution in [0.2, 0.25) is 0 Å². The maximum absolute atomic E-state index is 13.3. The molecule has 2 saturated heterocycles. The molecule has 3 unspecified atom stereocenters. The van der Waals surface area contributed by atoms with Gasteiger partial charge in [-0.3, -0.25) is 9.69 Å². The summed E-state index contributed by atoms with van der Waals surface area (Å²) in [5.74, 6) is -2.19. The second-order valence-corrected chi connectivity index (χ2v) is 9.71. The van der Waals surface area contributed by atoms with Gasteiger partial charge in [-0.05, 0) is 37.0 Å². The maximum Gasteiger partial charge on any atom is 0.407 e. The molecule has 29 heavy (non-hydrogen) atoms. The van der Waals surface area contributed by atoms with Crippen LogP contribution in [0.5, 0.6) is 0 Å². The van der Waals surface area contributed by atoms with Crippen molar-refractivity contribution in [2.45, 2.75) is 82.8 Å². The van der Waals surface area contributed by atoms with Gasteiger partial charge in [0, 0.05) is 64.1 Å². The summed E-state index contributed by atoms with van der Waals surface area (Å²) in [6.07, 6.45) is 3.52. The van der Waals surface area contributed by atoms with Crippen molar-refractivity contribution >= 4 is 12.0 Å². The highest BCUT2D eigenvalue weighted by molar-refractivity contribution is 5.74. The van der Waals surface area contributed by atoms with E-state index in [2.05, 4.69) is 11.8 Å². The van der Waals surface area contributed by atoms with E-state index in [1.165, 1.54) is 6.92 Å². The fraction of sp³-hybridized carbons (Fsp3) is 0.905. The summed E-state index contributed by atoms with van der Waals surface area (Å²) >= 11 is 0. The Morgan fingerprint density at radius 3 is 2.24 bits per heavy atom.